The lowest BCUT2D eigenvalue weighted by Crippen LogP contribution is -2.25. The second-order valence-electron chi connectivity index (χ2n) is 4.99. The third-order valence-corrected chi connectivity index (χ3v) is 4.09. The molecule has 1 aromatic heterocycles. The number of halogens is 1. The zero-order valence-corrected chi connectivity index (χ0v) is 13.4. The van der Waals surface area contributed by atoms with Crippen LogP contribution in [0.5, 0.6) is 0 Å². The summed E-state index contributed by atoms with van der Waals surface area (Å²) in [5, 5.41) is 3.98. The summed E-state index contributed by atoms with van der Waals surface area (Å²) >= 11 is 3.37. The summed E-state index contributed by atoms with van der Waals surface area (Å²) in [6.07, 6.45) is 0.126. The number of esters is 1. The molecule has 2 heterocycles. The highest BCUT2D eigenvalue weighted by atomic mass is 79.9. The number of carbonyl (C=O) groups is 2. The van der Waals surface area contributed by atoms with E-state index in [0.29, 0.717) is 11.6 Å². The van der Waals surface area contributed by atoms with E-state index in [4.69, 9.17) is 4.52 Å². The normalized spacial score (nSPS) is 17.8. The molecule has 22 heavy (non-hydrogen) atoms. The Morgan fingerprint density at radius 2 is 2.14 bits per heavy atom. The van der Waals surface area contributed by atoms with Gasteiger partial charge in [0.25, 0.3) is 0 Å². The molecular formula is C15H13BrN2O4. The van der Waals surface area contributed by atoms with Crippen molar-refractivity contribution in [3.63, 3.8) is 0 Å². The molecule has 0 N–H and O–H groups in total. The minimum Gasteiger partial charge on any atom is -0.469 e. The Morgan fingerprint density at radius 3 is 2.82 bits per heavy atom. The van der Waals surface area contributed by atoms with Crippen LogP contribution in [0.2, 0.25) is 0 Å². The van der Waals surface area contributed by atoms with Crippen LogP contribution >= 0.6 is 15.9 Å². The van der Waals surface area contributed by atoms with Gasteiger partial charge in [-0.15, -0.1) is 0 Å². The molecule has 2 aromatic rings. The SMILES string of the molecule is COC(=O)C1CC(=O)N(c2cc(-c3ccc(Br)cc3)no2)C1. The van der Waals surface area contributed by atoms with Crippen LogP contribution in [0, 0.1) is 5.92 Å². The fraction of sp³-hybridized carbons (Fsp3) is 0.267. The Labute approximate surface area is 135 Å². The molecule has 1 unspecified atom stereocenters. The average Bonchev–Trinajstić information content (AvgIpc) is 3.14. The number of rotatable bonds is 3. The third-order valence-electron chi connectivity index (χ3n) is 3.56. The van der Waals surface area contributed by atoms with E-state index < -0.39 is 5.92 Å². The molecule has 1 atom stereocenters. The summed E-state index contributed by atoms with van der Waals surface area (Å²) in [7, 11) is 1.32. The number of aromatic nitrogens is 1. The van der Waals surface area contributed by atoms with E-state index in [1.807, 2.05) is 24.3 Å². The number of methoxy groups -OCH3 is 1. The van der Waals surface area contributed by atoms with Crippen molar-refractivity contribution in [1.82, 2.24) is 5.16 Å². The van der Waals surface area contributed by atoms with Gasteiger partial charge in [-0.1, -0.05) is 33.2 Å². The molecule has 0 radical (unpaired) electrons. The van der Waals surface area contributed by atoms with Gasteiger partial charge in [-0.05, 0) is 12.1 Å². The highest BCUT2D eigenvalue weighted by Crippen LogP contribution is 2.30. The maximum absolute atomic E-state index is 12.0. The molecule has 1 aromatic carbocycles. The van der Waals surface area contributed by atoms with E-state index in [2.05, 4.69) is 25.8 Å². The molecule has 1 aliphatic rings. The topological polar surface area (TPSA) is 72.6 Å². The number of nitrogens with zero attached hydrogens (tertiary/aromatic N) is 2. The highest BCUT2D eigenvalue weighted by Gasteiger charge is 2.37. The van der Waals surface area contributed by atoms with Crippen molar-refractivity contribution in [2.75, 3.05) is 18.6 Å². The minimum absolute atomic E-state index is 0.126. The molecule has 0 aliphatic carbocycles. The lowest BCUT2D eigenvalue weighted by Gasteiger charge is -2.10. The lowest BCUT2D eigenvalue weighted by molar-refractivity contribution is -0.145. The number of hydrogen-bond donors (Lipinski definition) is 0. The monoisotopic (exact) mass is 364 g/mol. The van der Waals surface area contributed by atoms with Crippen molar-refractivity contribution >= 4 is 33.7 Å². The maximum Gasteiger partial charge on any atom is 0.311 e. The van der Waals surface area contributed by atoms with Gasteiger partial charge in [0.2, 0.25) is 11.8 Å². The van der Waals surface area contributed by atoms with Gasteiger partial charge in [0.15, 0.2) is 0 Å². The van der Waals surface area contributed by atoms with E-state index in [1.54, 1.807) is 6.07 Å². The van der Waals surface area contributed by atoms with Crippen molar-refractivity contribution in [3.8, 4) is 11.3 Å². The number of hydrogen-bond acceptors (Lipinski definition) is 5. The van der Waals surface area contributed by atoms with Crippen molar-refractivity contribution < 1.29 is 18.8 Å². The molecule has 1 saturated heterocycles. The second-order valence-corrected chi connectivity index (χ2v) is 5.90. The summed E-state index contributed by atoms with van der Waals surface area (Å²) in [5.41, 5.74) is 1.52. The number of anilines is 1. The Kier molecular flexibility index (Phi) is 3.98. The smallest absolute Gasteiger partial charge is 0.311 e. The van der Waals surface area contributed by atoms with Crippen molar-refractivity contribution in [2.45, 2.75) is 6.42 Å². The number of amides is 1. The van der Waals surface area contributed by atoms with Crippen LogP contribution in [-0.4, -0.2) is 30.7 Å². The van der Waals surface area contributed by atoms with Gasteiger partial charge in [-0.25, -0.2) is 0 Å². The van der Waals surface area contributed by atoms with Crippen LogP contribution in [0.4, 0.5) is 5.88 Å². The third kappa shape index (κ3) is 2.76. The molecule has 0 bridgehead atoms. The first-order valence-electron chi connectivity index (χ1n) is 6.69. The number of carbonyl (C=O) groups excluding carboxylic acids is 2. The van der Waals surface area contributed by atoms with Crippen LogP contribution in [0.15, 0.2) is 39.3 Å². The van der Waals surface area contributed by atoms with Crippen molar-refractivity contribution in [3.05, 3.63) is 34.8 Å². The van der Waals surface area contributed by atoms with Crippen molar-refractivity contribution in [2.24, 2.45) is 5.92 Å². The van der Waals surface area contributed by atoms with Crippen LogP contribution in [0.25, 0.3) is 11.3 Å². The lowest BCUT2D eigenvalue weighted by atomic mass is 10.1. The van der Waals surface area contributed by atoms with Gasteiger partial charge in [0.1, 0.15) is 5.69 Å². The van der Waals surface area contributed by atoms with Gasteiger partial charge < -0.3 is 9.26 Å². The average molecular weight is 365 g/mol. The summed E-state index contributed by atoms with van der Waals surface area (Å²) in [5.74, 6) is -0.676. The summed E-state index contributed by atoms with van der Waals surface area (Å²) in [6, 6.07) is 9.29. The summed E-state index contributed by atoms with van der Waals surface area (Å²) < 4.78 is 10.9. The molecule has 0 spiro atoms. The van der Waals surface area contributed by atoms with Crippen LogP contribution in [0.3, 0.4) is 0 Å². The van der Waals surface area contributed by atoms with Gasteiger partial charge in [-0.2, -0.15) is 0 Å². The standard InChI is InChI=1S/C15H13BrN2O4/c1-21-15(20)10-6-13(19)18(8-10)14-7-12(17-22-14)9-2-4-11(16)5-3-9/h2-5,7,10H,6,8H2,1H3. The molecular weight excluding hydrogens is 352 g/mol. The van der Waals surface area contributed by atoms with Crippen LogP contribution in [0.1, 0.15) is 6.42 Å². The van der Waals surface area contributed by atoms with E-state index in [1.165, 1.54) is 12.0 Å². The van der Waals surface area contributed by atoms with Crippen molar-refractivity contribution in [1.29, 1.82) is 0 Å². The van der Waals surface area contributed by atoms with Crippen LogP contribution < -0.4 is 4.90 Å². The van der Waals surface area contributed by atoms with E-state index >= 15 is 0 Å². The van der Waals surface area contributed by atoms with Crippen LogP contribution in [-0.2, 0) is 14.3 Å². The number of ether oxygens (including phenoxy) is 1. The second kappa shape index (κ2) is 5.92. The fourth-order valence-corrected chi connectivity index (χ4v) is 2.66. The predicted octanol–water partition coefficient (Wildman–Crippen LogP) is 2.63. The Balaban J connectivity index is 1.80. The van der Waals surface area contributed by atoms with E-state index in [0.717, 1.165) is 10.0 Å². The molecule has 0 saturated carbocycles. The van der Waals surface area contributed by atoms with Gasteiger partial charge in [-0.3, -0.25) is 14.5 Å². The molecule has 114 valence electrons. The van der Waals surface area contributed by atoms with E-state index in [9.17, 15) is 9.59 Å². The van der Waals surface area contributed by atoms with Gasteiger partial charge in [0.05, 0.1) is 13.0 Å². The molecule has 3 rings (SSSR count). The number of benzene rings is 1. The predicted molar refractivity (Wildman–Crippen MR) is 82.1 cm³/mol. The largest absolute Gasteiger partial charge is 0.469 e. The summed E-state index contributed by atoms with van der Waals surface area (Å²) in [6.45, 7) is 0.250. The summed E-state index contributed by atoms with van der Waals surface area (Å²) in [4.78, 5) is 25.0. The minimum atomic E-state index is -0.460. The molecule has 6 nitrogen and oxygen atoms in total. The zero-order valence-electron chi connectivity index (χ0n) is 11.8. The van der Waals surface area contributed by atoms with Gasteiger partial charge in [0, 0.05) is 29.1 Å². The Morgan fingerprint density at radius 1 is 1.41 bits per heavy atom. The maximum atomic E-state index is 12.0. The zero-order chi connectivity index (χ0) is 15.7. The first-order valence-corrected chi connectivity index (χ1v) is 7.48. The highest BCUT2D eigenvalue weighted by molar-refractivity contribution is 9.10. The Hall–Kier alpha value is -2.15. The molecule has 7 heteroatoms. The quantitative estimate of drug-likeness (QED) is 0.782. The Bertz CT molecular complexity index is 711. The molecule has 1 amide bonds. The van der Waals surface area contributed by atoms with Gasteiger partial charge >= 0.3 is 5.97 Å². The first kappa shape index (κ1) is 14.8. The first-order chi connectivity index (χ1) is 10.6. The molecule has 1 fully saturated rings. The van der Waals surface area contributed by atoms with E-state index in [-0.39, 0.29) is 24.8 Å². The fourth-order valence-electron chi connectivity index (χ4n) is 2.39. The molecule has 1 aliphatic heterocycles.